The van der Waals surface area contributed by atoms with Gasteiger partial charge in [0.25, 0.3) is 0 Å². The zero-order valence-electron chi connectivity index (χ0n) is 12.8. The van der Waals surface area contributed by atoms with Crippen molar-refractivity contribution in [2.24, 2.45) is 0 Å². The summed E-state index contributed by atoms with van der Waals surface area (Å²) in [5, 5.41) is 1.86. The molecule has 0 aliphatic carbocycles. The molecule has 116 valence electrons. The number of fused-ring (bicyclic) bond motifs is 2. The molecule has 0 radical (unpaired) electrons. The van der Waals surface area contributed by atoms with Crippen LogP contribution in [0.5, 0.6) is 0 Å². The van der Waals surface area contributed by atoms with Crippen LogP contribution >= 0.6 is 11.6 Å². The molecule has 2 fully saturated rings. The summed E-state index contributed by atoms with van der Waals surface area (Å²) in [7, 11) is 0. The molecular formula is C18H22ClN3. The van der Waals surface area contributed by atoms with E-state index in [2.05, 4.69) is 26.9 Å². The van der Waals surface area contributed by atoms with Crippen molar-refractivity contribution < 1.29 is 0 Å². The number of hydrogen-bond acceptors (Lipinski definition) is 3. The van der Waals surface area contributed by atoms with E-state index in [1.54, 1.807) is 0 Å². The van der Waals surface area contributed by atoms with Crippen molar-refractivity contribution >= 4 is 22.5 Å². The Kier molecular flexibility index (Phi) is 4.03. The molecule has 22 heavy (non-hydrogen) atoms. The topological polar surface area (TPSA) is 19.4 Å². The van der Waals surface area contributed by atoms with E-state index in [0.717, 1.165) is 28.5 Å². The first kappa shape index (κ1) is 14.4. The highest BCUT2D eigenvalue weighted by atomic mass is 35.5. The lowest BCUT2D eigenvalue weighted by Crippen LogP contribution is -2.36. The Morgan fingerprint density at radius 2 is 2.05 bits per heavy atom. The predicted molar refractivity (Wildman–Crippen MR) is 91.2 cm³/mol. The van der Waals surface area contributed by atoms with Crippen LogP contribution in [0.1, 0.15) is 24.8 Å². The van der Waals surface area contributed by atoms with Crippen LogP contribution in [0, 0.1) is 0 Å². The van der Waals surface area contributed by atoms with E-state index < -0.39 is 0 Å². The van der Waals surface area contributed by atoms with Gasteiger partial charge in [0.15, 0.2) is 0 Å². The molecule has 0 unspecified atom stereocenters. The Morgan fingerprint density at radius 3 is 3.00 bits per heavy atom. The fraction of sp³-hybridized carbons (Fsp3) is 0.500. The van der Waals surface area contributed by atoms with Gasteiger partial charge in [-0.3, -0.25) is 14.8 Å². The van der Waals surface area contributed by atoms with E-state index in [1.165, 1.54) is 51.0 Å². The number of halogens is 1. The average Bonchev–Trinajstić information content (AvgIpc) is 2.89. The first-order valence-corrected chi connectivity index (χ1v) is 8.67. The van der Waals surface area contributed by atoms with Gasteiger partial charge in [0, 0.05) is 35.7 Å². The smallest absolute Gasteiger partial charge is 0.0761 e. The molecule has 4 rings (SSSR count). The highest BCUT2D eigenvalue weighted by Crippen LogP contribution is 2.27. The van der Waals surface area contributed by atoms with E-state index in [4.69, 9.17) is 11.6 Å². The minimum absolute atomic E-state index is 0.758. The summed E-state index contributed by atoms with van der Waals surface area (Å²) < 4.78 is 0. The van der Waals surface area contributed by atoms with E-state index >= 15 is 0 Å². The average molecular weight is 316 g/mol. The fourth-order valence-corrected chi connectivity index (χ4v) is 4.21. The summed E-state index contributed by atoms with van der Waals surface area (Å²) in [4.78, 5) is 9.86. The molecule has 2 saturated heterocycles. The summed E-state index contributed by atoms with van der Waals surface area (Å²) in [6.07, 6.45) is 5.86. The first-order chi connectivity index (χ1) is 10.8. The van der Waals surface area contributed by atoms with E-state index in [1.807, 2.05) is 18.3 Å². The fourth-order valence-electron chi connectivity index (χ4n) is 3.99. The van der Waals surface area contributed by atoms with Crippen LogP contribution in [0.4, 0.5) is 0 Å². The lowest BCUT2D eigenvalue weighted by molar-refractivity contribution is 0.216. The normalized spacial score (nSPS) is 23.6. The van der Waals surface area contributed by atoms with Gasteiger partial charge < -0.3 is 0 Å². The minimum atomic E-state index is 0.758. The molecule has 2 aromatic rings. The number of pyridine rings is 1. The van der Waals surface area contributed by atoms with Crippen molar-refractivity contribution in [1.82, 2.24) is 14.8 Å². The summed E-state index contributed by atoms with van der Waals surface area (Å²) in [5.41, 5.74) is 2.36. The molecule has 0 bridgehead atoms. The quantitative estimate of drug-likeness (QED) is 0.844. The Hall–Kier alpha value is -1.16. The summed E-state index contributed by atoms with van der Waals surface area (Å²) in [6, 6.07) is 8.94. The van der Waals surface area contributed by atoms with Gasteiger partial charge in [-0.15, -0.1) is 0 Å². The van der Waals surface area contributed by atoms with Crippen molar-refractivity contribution in [2.45, 2.75) is 31.8 Å². The first-order valence-electron chi connectivity index (χ1n) is 8.30. The molecule has 4 heteroatoms. The summed E-state index contributed by atoms with van der Waals surface area (Å²) in [5.74, 6) is 0. The number of aromatic nitrogens is 1. The van der Waals surface area contributed by atoms with Crippen molar-refractivity contribution in [1.29, 1.82) is 0 Å². The lowest BCUT2D eigenvalue weighted by Gasteiger charge is -2.25. The molecule has 3 nitrogen and oxygen atoms in total. The molecule has 1 atom stereocenters. The molecule has 2 aliphatic heterocycles. The second kappa shape index (κ2) is 6.15. The van der Waals surface area contributed by atoms with Crippen LogP contribution in [0.15, 0.2) is 30.5 Å². The molecule has 1 aromatic carbocycles. The van der Waals surface area contributed by atoms with Gasteiger partial charge >= 0.3 is 0 Å². The Bertz CT molecular complexity index is 672. The largest absolute Gasteiger partial charge is 0.299 e. The van der Waals surface area contributed by atoms with Crippen LogP contribution < -0.4 is 0 Å². The lowest BCUT2D eigenvalue weighted by atomic mass is 10.1. The highest BCUT2D eigenvalue weighted by Gasteiger charge is 2.28. The van der Waals surface area contributed by atoms with Crippen LogP contribution in [0.25, 0.3) is 10.9 Å². The molecular weight excluding hydrogens is 294 g/mol. The molecule has 2 aliphatic rings. The van der Waals surface area contributed by atoms with Crippen LogP contribution in [0.2, 0.25) is 5.02 Å². The maximum absolute atomic E-state index is 6.31. The predicted octanol–water partition coefficient (Wildman–Crippen LogP) is 3.56. The number of rotatable bonds is 2. The van der Waals surface area contributed by atoms with Crippen molar-refractivity contribution in [3.05, 3.63) is 41.0 Å². The zero-order chi connectivity index (χ0) is 14.9. The third-order valence-corrected chi connectivity index (χ3v) is 5.41. The number of hydrogen-bond donors (Lipinski definition) is 0. The number of benzene rings is 1. The van der Waals surface area contributed by atoms with Gasteiger partial charge in [-0.25, -0.2) is 0 Å². The van der Waals surface area contributed by atoms with Gasteiger partial charge in [-0.1, -0.05) is 17.7 Å². The molecule has 0 N–H and O–H groups in total. The number of nitrogens with zero attached hydrogens (tertiary/aromatic N) is 3. The van der Waals surface area contributed by atoms with Gasteiger partial charge in [-0.05, 0) is 62.7 Å². The van der Waals surface area contributed by atoms with Gasteiger partial charge in [0.1, 0.15) is 0 Å². The van der Waals surface area contributed by atoms with Crippen LogP contribution in [-0.4, -0.2) is 47.0 Å². The second-order valence-corrected chi connectivity index (χ2v) is 6.93. The maximum Gasteiger partial charge on any atom is 0.0761 e. The molecule has 0 spiro atoms. The zero-order valence-corrected chi connectivity index (χ0v) is 13.6. The summed E-state index contributed by atoms with van der Waals surface area (Å²) in [6.45, 7) is 5.92. The third-order valence-electron chi connectivity index (χ3n) is 5.08. The molecule has 0 amide bonds. The van der Waals surface area contributed by atoms with Crippen LogP contribution in [-0.2, 0) is 6.54 Å². The molecule has 3 heterocycles. The van der Waals surface area contributed by atoms with E-state index in [0.29, 0.717) is 0 Å². The van der Waals surface area contributed by atoms with E-state index in [-0.39, 0.29) is 0 Å². The molecule has 1 aromatic heterocycles. The second-order valence-electron chi connectivity index (χ2n) is 6.53. The minimum Gasteiger partial charge on any atom is -0.299 e. The molecule has 0 saturated carbocycles. The Balaban J connectivity index is 1.59. The van der Waals surface area contributed by atoms with Gasteiger partial charge in [-0.2, -0.15) is 0 Å². The Labute approximate surface area is 136 Å². The maximum atomic E-state index is 6.31. The van der Waals surface area contributed by atoms with Crippen molar-refractivity contribution in [3.8, 4) is 0 Å². The van der Waals surface area contributed by atoms with E-state index in [9.17, 15) is 0 Å². The van der Waals surface area contributed by atoms with Crippen molar-refractivity contribution in [2.75, 3.05) is 26.2 Å². The third kappa shape index (κ3) is 2.73. The highest BCUT2D eigenvalue weighted by molar-refractivity contribution is 6.35. The van der Waals surface area contributed by atoms with Crippen molar-refractivity contribution in [3.63, 3.8) is 0 Å². The monoisotopic (exact) mass is 315 g/mol. The van der Waals surface area contributed by atoms with Gasteiger partial charge in [0.05, 0.1) is 5.52 Å². The SMILES string of the molecule is Clc1ccc(CN2CCCN3CCC[C@H]3C2)c2ncccc12. The standard InChI is InChI=1S/C18H22ClN3/c19-17-7-6-14(18-16(17)5-1-8-20-18)12-21-9-3-11-22-10-2-4-15(22)13-21/h1,5-8,15H,2-4,9-13H2/t15-/m0/s1. The van der Waals surface area contributed by atoms with Gasteiger partial charge in [0.2, 0.25) is 0 Å². The summed E-state index contributed by atoms with van der Waals surface area (Å²) >= 11 is 6.31. The van der Waals surface area contributed by atoms with Crippen LogP contribution in [0.3, 0.4) is 0 Å². The Morgan fingerprint density at radius 1 is 1.14 bits per heavy atom.